The van der Waals surface area contributed by atoms with Gasteiger partial charge < -0.3 is 11.1 Å². The molecule has 1 saturated heterocycles. The average molecular weight is 235 g/mol. The number of nitrogens with two attached hydrogens (primary N) is 1. The molecule has 0 bridgehead atoms. The largest absolute Gasteiger partial charge is 0.368 e. The van der Waals surface area contributed by atoms with Gasteiger partial charge in [0.2, 0.25) is 11.9 Å². The maximum absolute atomic E-state index is 11.8. The third kappa shape index (κ3) is 2.32. The van der Waals surface area contributed by atoms with Crippen LogP contribution in [0.15, 0.2) is 12.3 Å². The number of likely N-dealkylation sites (N-methyl/N-ethyl adjacent to an activating group) is 1. The number of likely N-dealkylation sites (tertiary alicyclic amines) is 1. The van der Waals surface area contributed by atoms with E-state index >= 15 is 0 Å². The lowest BCUT2D eigenvalue weighted by atomic mass is 10.0. The van der Waals surface area contributed by atoms with E-state index in [1.165, 1.54) is 13.2 Å². The molecular weight excluding hydrogens is 222 g/mol. The van der Waals surface area contributed by atoms with E-state index in [-0.39, 0.29) is 17.8 Å². The first kappa shape index (κ1) is 11.3. The number of nitrogens with one attached hydrogen (secondary N) is 1. The summed E-state index contributed by atoms with van der Waals surface area (Å²) in [6.45, 7) is 0. The van der Waals surface area contributed by atoms with Crippen molar-refractivity contribution >= 4 is 23.6 Å². The number of nitrogen functional groups attached to an aromatic ring is 1. The van der Waals surface area contributed by atoms with Crippen LogP contribution in [-0.4, -0.2) is 39.8 Å². The quantitative estimate of drug-likeness (QED) is 0.677. The van der Waals surface area contributed by atoms with E-state index in [0.717, 1.165) is 4.90 Å². The standard InChI is InChI=1S/C10H13N5O2/c1-15-8(16)3-2-6(9(15)17)13-7-4-5-12-10(11)14-7/h4-6H,2-3H2,1H3,(H3,11,12,13,14). The molecule has 2 rings (SSSR count). The van der Waals surface area contributed by atoms with E-state index in [0.29, 0.717) is 18.7 Å². The highest BCUT2D eigenvalue weighted by molar-refractivity contribution is 6.01. The van der Waals surface area contributed by atoms with Crippen LogP contribution < -0.4 is 11.1 Å². The molecule has 1 aromatic heterocycles. The van der Waals surface area contributed by atoms with Crippen molar-refractivity contribution in [2.24, 2.45) is 0 Å². The van der Waals surface area contributed by atoms with Crippen molar-refractivity contribution in [1.82, 2.24) is 14.9 Å². The van der Waals surface area contributed by atoms with Gasteiger partial charge in [-0.25, -0.2) is 4.98 Å². The first-order valence-electron chi connectivity index (χ1n) is 5.23. The number of hydrogen-bond donors (Lipinski definition) is 2. The number of rotatable bonds is 2. The highest BCUT2D eigenvalue weighted by Gasteiger charge is 2.31. The predicted octanol–water partition coefficient (Wildman–Crippen LogP) is -0.382. The number of aromatic nitrogens is 2. The number of hydrogen-bond acceptors (Lipinski definition) is 6. The number of anilines is 2. The number of nitrogens with zero attached hydrogens (tertiary/aromatic N) is 3. The third-order valence-electron chi connectivity index (χ3n) is 2.65. The highest BCUT2D eigenvalue weighted by atomic mass is 16.2. The van der Waals surface area contributed by atoms with Gasteiger partial charge in [0.25, 0.3) is 5.91 Å². The van der Waals surface area contributed by atoms with E-state index in [1.807, 2.05) is 0 Å². The summed E-state index contributed by atoms with van der Waals surface area (Å²) in [7, 11) is 1.48. The average Bonchev–Trinajstić information content (AvgIpc) is 2.30. The van der Waals surface area contributed by atoms with Gasteiger partial charge in [-0.3, -0.25) is 14.5 Å². The summed E-state index contributed by atoms with van der Waals surface area (Å²) in [5, 5.41) is 2.95. The molecule has 1 fully saturated rings. The minimum absolute atomic E-state index is 0.141. The van der Waals surface area contributed by atoms with E-state index in [2.05, 4.69) is 15.3 Å². The van der Waals surface area contributed by atoms with Crippen LogP contribution in [0.2, 0.25) is 0 Å². The van der Waals surface area contributed by atoms with Crippen LogP contribution >= 0.6 is 0 Å². The van der Waals surface area contributed by atoms with Crippen molar-refractivity contribution in [1.29, 1.82) is 0 Å². The van der Waals surface area contributed by atoms with Crippen LogP contribution in [0.25, 0.3) is 0 Å². The van der Waals surface area contributed by atoms with Crippen LogP contribution in [0.5, 0.6) is 0 Å². The maximum atomic E-state index is 11.8. The van der Waals surface area contributed by atoms with Crippen LogP contribution in [0.4, 0.5) is 11.8 Å². The molecule has 2 heterocycles. The number of piperidine rings is 1. The second-order valence-electron chi connectivity index (χ2n) is 3.83. The van der Waals surface area contributed by atoms with Gasteiger partial charge in [-0.1, -0.05) is 0 Å². The van der Waals surface area contributed by atoms with Crippen molar-refractivity contribution in [2.45, 2.75) is 18.9 Å². The van der Waals surface area contributed by atoms with E-state index in [1.54, 1.807) is 6.07 Å². The van der Waals surface area contributed by atoms with Gasteiger partial charge in [0.05, 0.1) is 0 Å². The molecule has 1 unspecified atom stereocenters. The molecule has 1 atom stereocenters. The molecule has 0 aromatic carbocycles. The lowest BCUT2D eigenvalue weighted by molar-refractivity contribution is -0.146. The van der Waals surface area contributed by atoms with Crippen LogP contribution in [0.1, 0.15) is 12.8 Å². The monoisotopic (exact) mass is 235 g/mol. The van der Waals surface area contributed by atoms with Gasteiger partial charge in [0.1, 0.15) is 11.9 Å². The molecule has 3 N–H and O–H groups in total. The molecule has 17 heavy (non-hydrogen) atoms. The topological polar surface area (TPSA) is 101 Å². The van der Waals surface area contributed by atoms with Crippen molar-refractivity contribution in [2.75, 3.05) is 18.1 Å². The molecule has 1 aliphatic heterocycles. The Bertz CT molecular complexity index is 462. The Labute approximate surface area is 98.0 Å². The Morgan fingerprint density at radius 2 is 2.29 bits per heavy atom. The number of amides is 2. The predicted molar refractivity (Wildman–Crippen MR) is 60.9 cm³/mol. The Balaban J connectivity index is 2.09. The van der Waals surface area contributed by atoms with Gasteiger partial charge in [-0.15, -0.1) is 0 Å². The molecule has 0 saturated carbocycles. The smallest absolute Gasteiger partial charge is 0.251 e. The van der Waals surface area contributed by atoms with E-state index in [4.69, 9.17) is 5.73 Å². The summed E-state index contributed by atoms with van der Waals surface area (Å²) >= 11 is 0. The Hall–Kier alpha value is -2.18. The molecule has 0 radical (unpaired) electrons. The van der Waals surface area contributed by atoms with E-state index in [9.17, 15) is 9.59 Å². The highest BCUT2D eigenvalue weighted by Crippen LogP contribution is 2.15. The van der Waals surface area contributed by atoms with Crippen molar-refractivity contribution in [3.8, 4) is 0 Å². The van der Waals surface area contributed by atoms with Crippen LogP contribution in [-0.2, 0) is 9.59 Å². The minimum atomic E-state index is -0.438. The molecule has 7 heteroatoms. The second-order valence-corrected chi connectivity index (χ2v) is 3.83. The minimum Gasteiger partial charge on any atom is -0.368 e. The summed E-state index contributed by atoms with van der Waals surface area (Å²) in [5.74, 6) is 0.218. The number of carbonyl (C=O) groups excluding carboxylic acids is 2. The Morgan fingerprint density at radius 1 is 1.53 bits per heavy atom. The van der Waals surface area contributed by atoms with Gasteiger partial charge in [0, 0.05) is 19.7 Å². The first-order valence-corrected chi connectivity index (χ1v) is 5.23. The zero-order valence-electron chi connectivity index (χ0n) is 9.38. The summed E-state index contributed by atoms with van der Waals surface area (Å²) in [6.07, 6.45) is 2.32. The molecule has 1 aliphatic rings. The summed E-state index contributed by atoms with van der Waals surface area (Å²) in [6, 6.07) is 1.19. The van der Waals surface area contributed by atoms with Gasteiger partial charge in [0.15, 0.2) is 0 Å². The second kappa shape index (κ2) is 4.36. The van der Waals surface area contributed by atoms with Gasteiger partial charge >= 0.3 is 0 Å². The fourth-order valence-electron chi connectivity index (χ4n) is 1.68. The SMILES string of the molecule is CN1C(=O)CCC(Nc2ccnc(N)n2)C1=O. The molecular formula is C10H13N5O2. The molecule has 2 amide bonds. The maximum Gasteiger partial charge on any atom is 0.251 e. The normalized spacial score (nSPS) is 20.5. The molecule has 1 aromatic rings. The number of imide groups is 1. The molecule has 7 nitrogen and oxygen atoms in total. The summed E-state index contributed by atoms with van der Waals surface area (Å²) in [4.78, 5) is 31.9. The van der Waals surface area contributed by atoms with Crippen LogP contribution in [0, 0.1) is 0 Å². The zero-order valence-corrected chi connectivity index (χ0v) is 9.38. The van der Waals surface area contributed by atoms with Crippen molar-refractivity contribution in [3.05, 3.63) is 12.3 Å². The van der Waals surface area contributed by atoms with Crippen molar-refractivity contribution in [3.63, 3.8) is 0 Å². The first-order chi connectivity index (χ1) is 8.08. The zero-order chi connectivity index (χ0) is 12.4. The van der Waals surface area contributed by atoms with Crippen LogP contribution in [0.3, 0.4) is 0 Å². The Morgan fingerprint density at radius 3 is 3.00 bits per heavy atom. The number of carbonyl (C=O) groups is 2. The Kier molecular flexibility index (Phi) is 2.90. The molecule has 0 spiro atoms. The third-order valence-corrected chi connectivity index (χ3v) is 2.65. The lowest BCUT2D eigenvalue weighted by Crippen LogP contribution is -2.48. The van der Waals surface area contributed by atoms with E-state index < -0.39 is 6.04 Å². The van der Waals surface area contributed by atoms with Gasteiger partial charge in [-0.05, 0) is 12.5 Å². The molecule has 0 aliphatic carbocycles. The fraction of sp³-hybridized carbons (Fsp3) is 0.400. The fourth-order valence-corrected chi connectivity index (χ4v) is 1.68. The molecule has 90 valence electrons. The van der Waals surface area contributed by atoms with Gasteiger partial charge in [-0.2, -0.15) is 4.98 Å². The van der Waals surface area contributed by atoms with Crippen molar-refractivity contribution < 1.29 is 9.59 Å². The summed E-state index contributed by atoms with van der Waals surface area (Å²) in [5.41, 5.74) is 5.44. The lowest BCUT2D eigenvalue weighted by Gasteiger charge is -2.28. The summed E-state index contributed by atoms with van der Waals surface area (Å²) < 4.78 is 0.